The Morgan fingerprint density at radius 3 is 0.864 bits per heavy atom. The number of hydrogen-bond donors (Lipinski definition) is 0. The Morgan fingerprint density at radius 2 is 0.659 bits per heavy atom. The van der Waals surface area contributed by atoms with Crippen LogP contribution in [0.4, 0.5) is 11.6 Å². The quantitative estimate of drug-likeness (QED) is 0.149. The molecule has 5 rings (SSSR count). The largest absolute Gasteiger partial charge is 0.346 e. The predicted molar refractivity (Wildman–Crippen MR) is 177 cm³/mol. The molecule has 44 heavy (non-hydrogen) atoms. The van der Waals surface area contributed by atoms with Crippen LogP contribution in [-0.4, -0.2) is 9.97 Å². The van der Waals surface area contributed by atoms with Crippen LogP contribution < -0.4 is 9.80 Å². The second kappa shape index (κ2) is 14.4. The van der Waals surface area contributed by atoms with Crippen LogP contribution in [-0.2, 0) is 26.2 Å². The number of halogens is 4. The molecule has 0 amide bonds. The third-order valence-electron chi connectivity index (χ3n) is 6.82. The van der Waals surface area contributed by atoms with Gasteiger partial charge in [-0.05, 0) is 70.8 Å². The van der Waals surface area contributed by atoms with E-state index in [0.29, 0.717) is 57.9 Å². The summed E-state index contributed by atoms with van der Waals surface area (Å²) >= 11 is 24.5. The fourth-order valence-corrected chi connectivity index (χ4v) is 5.16. The third kappa shape index (κ3) is 7.99. The van der Waals surface area contributed by atoms with Crippen LogP contribution in [0.2, 0.25) is 20.1 Å². The molecule has 0 aliphatic rings. The molecule has 1 heterocycles. The lowest BCUT2D eigenvalue weighted by Crippen LogP contribution is -2.28. The van der Waals surface area contributed by atoms with Crippen molar-refractivity contribution in [2.75, 3.05) is 9.80 Å². The molecule has 10 heteroatoms. The van der Waals surface area contributed by atoms with E-state index in [1.165, 1.54) is 0 Å². The monoisotopic (exact) mass is 656 g/mol. The second-order valence-corrected chi connectivity index (χ2v) is 11.8. The van der Waals surface area contributed by atoms with Crippen molar-refractivity contribution in [2.24, 2.45) is 0 Å². The number of anilines is 2. The Bertz CT molecular complexity index is 1580. The van der Waals surface area contributed by atoms with Crippen LogP contribution in [0.25, 0.3) is 0 Å². The minimum absolute atomic E-state index is 0.0964. The minimum atomic E-state index is 0.0964. The molecule has 0 aliphatic heterocycles. The van der Waals surface area contributed by atoms with Crippen molar-refractivity contribution >= 4 is 58.0 Å². The summed E-state index contributed by atoms with van der Waals surface area (Å²) in [5, 5.41) is 23.2. The zero-order valence-electron chi connectivity index (χ0n) is 23.3. The molecule has 0 aliphatic carbocycles. The van der Waals surface area contributed by atoms with Gasteiger partial charge in [0.05, 0.1) is 0 Å². The first kappa shape index (κ1) is 31.1. The van der Waals surface area contributed by atoms with E-state index in [-0.39, 0.29) is 11.4 Å². The third-order valence-corrected chi connectivity index (χ3v) is 7.82. The summed E-state index contributed by atoms with van der Waals surface area (Å²) in [6.45, 7) is 1.58. The van der Waals surface area contributed by atoms with Crippen LogP contribution in [0.3, 0.4) is 0 Å². The van der Waals surface area contributed by atoms with Crippen molar-refractivity contribution in [3.63, 3.8) is 0 Å². The average Bonchev–Trinajstić information content (AvgIpc) is 3.04. The molecule has 0 saturated carbocycles. The van der Waals surface area contributed by atoms with E-state index in [2.05, 4.69) is 12.1 Å². The first-order chi connectivity index (χ1) is 21.3. The molecule has 0 radical (unpaired) electrons. The molecular formula is C34H24Cl4N6. The molecule has 0 fully saturated rings. The Morgan fingerprint density at radius 1 is 0.432 bits per heavy atom. The maximum atomic E-state index is 10.3. The molecule has 0 unspecified atom stereocenters. The zero-order chi connectivity index (χ0) is 31.1. The number of benzene rings is 4. The van der Waals surface area contributed by atoms with E-state index in [0.717, 1.165) is 22.3 Å². The van der Waals surface area contributed by atoms with Crippen molar-refractivity contribution in [1.82, 2.24) is 9.97 Å². The Kier molecular flexibility index (Phi) is 10.2. The van der Waals surface area contributed by atoms with Crippen LogP contribution in [0, 0.1) is 22.7 Å². The summed E-state index contributed by atoms with van der Waals surface area (Å²) in [4.78, 5) is 13.4. The van der Waals surface area contributed by atoms with Gasteiger partial charge in [0.15, 0.2) is 23.0 Å². The molecule has 0 bridgehead atoms. The molecule has 5 aromatic rings. The highest BCUT2D eigenvalue weighted by atomic mass is 35.5. The maximum Gasteiger partial charge on any atom is 0.185 e. The lowest BCUT2D eigenvalue weighted by Gasteiger charge is -2.28. The van der Waals surface area contributed by atoms with E-state index in [4.69, 9.17) is 56.4 Å². The van der Waals surface area contributed by atoms with Crippen molar-refractivity contribution in [2.45, 2.75) is 26.2 Å². The highest BCUT2D eigenvalue weighted by Crippen LogP contribution is 2.29. The van der Waals surface area contributed by atoms with Gasteiger partial charge in [-0.15, -0.1) is 0 Å². The molecule has 1 aromatic heterocycles. The first-order valence-electron chi connectivity index (χ1n) is 13.5. The lowest BCUT2D eigenvalue weighted by atomic mass is 10.1. The van der Waals surface area contributed by atoms with Crippen LogP contribution in [0.1, 0.15) is 33.6 Å². The van der Waals surface area contributed by atoms with Gasteiger partial charge in [0.1, 0.15) is 12.1 Å². The molecule has 6 nitrogen and oxygen atoms in total. The number of hydrogen-bond acceptors (Lipinski definition) is 6. The standard InChI is InChI=1S/C34H24Cl4N6/c35-27-9-1-23(2-10-27)19-43(20-24-3-11-28(36)12-4-24)33-31(17-39)42-34(32(18-40)41-33)44(21-25-5-13-29(37)14-6-25)22-26-7-15-30(38)16-8-26/h1-16H,19-22H2. The van der Waals surface area contributed by atoms with E-state index in [1.54, 1.807) is 0 Å². The Labute approximate surface area is 276 Å². The fraction of sp³-hybridized carbons (Fsp3) is 0.118. The number of aromatic nitrogens is 2. The van der Waals surface area contributed by atoms with Crippen molar-refractivity contribution in [3.8, 4) is 12.1 Å². The van der Waals surface area contributed by atoms with Gasteiger partial charge >= 0.3 is 0 Å². The normalized spacial score (nSPS) is 10.6. The summed E-state index contributed by atoms with van der Waals surface area (Å²) < 4.78 is 0. The van der Waals surface area contributed by atoms with Gasteiger partial charge in [-0.3, -0.25) is 0 Å². The molecule has 0 saturated heterocycles. The first-order valence-corrected chi connectivity index (χ1v) is 15.0. The summed E-state index contributed by atoms with van der Waals surface area (Å²) in [7, 11) is 0. The number of rotatable bonds is 10. The molecule has 4 aromatic carbocycles. The van der Waals surface area contributed by atoms with Gasteiger partial charge in [0, 0.05) is 46.3 Å². The Balaban J connectivity index is 1.58. The summed E-state index contributed by atoms with van der Waals surface area (Å²) in [5.41, 5.74) is 3.98. The minimum Gasteiger partial charge on any atom is -0.346 e. The Hall–Kier alpha value is -4.30. The van der Waals surface area contributed by atoms with Gasteiger partial charge in [0.2, 0.25) is 0 Å². The van der Waals surface area contributed by atoms with Crippen LogP contribution in [0.5, 0.6) is 0 Å². The molecule has 0 N–H and O–H groups in total. The number of nitrogens with zero attached hydrogens (tertiary/aromatic N) is 6. The highest BCUT2D eigenvalue weighted by Gasteiger charge is 2.23. The van der Waals surface area contributed by atoms with Crippen molar-refractivity contribution in [3.05, 3.63) is 151 Å². The van der Waals surface area contributed by atoms with E-state index in [9.17, 15) is 10.5 Å². The van der Waals surface area contributed by atoms with Crippen molar-refractivity contribution < 1.29 is 0 Å². The van der Waals surface area contributed by atoms with Gasteiger partial charge < -0.3 is 9.80 Å². The second-order valence-electron chi connectivity index (χ2n) is 10.0. The van der Waals surface area contributed by atoms with Crippen LogP contribution in [0.15, 0.2) is 97.1 Å². The summed E-state index contributed by atoms with van der Waals surface area (Å²) in [6.07, 6.45) is 0. The zero-order valence-corrected chi connectivity index (χ0v) is 26.3. The van der Waals surface area contributed by atoms with Crippen molar-refractivity contribution in [1.29, 1.82) is 10.5 Å². The maximum absolute atomic E-state index is 10.3. The number of nitriles is 2. The predicted octanol–water partition coefficient (Wildman–Crippen LogP) is 9.25. The molecule has 0 atom stereocenters. The van der Waals surface area contributed by atoms with E-state index < -0.39 is 0 Å². The van der Waals surface area contributed by atoms with E-state index >= 15 is 0 Å². The topological polar surface area (TPSA) is 79.8 Å². The fourth-order valence-electron chi connectivity index (χ4n) is 4.66. The van der Waals surface area contributed by atoms with E-state index in [1.807, 2.05) is 107 Å². The molecular weight excluding hydrogens is 634 g/mol. The average molecular weight is 658 g/mol. The molecule has 0 spiro atoms. The highest BCUT2D eigenvalue weighted by molar-refractivity contribution is 6.31. The smallest absolute Gasteiger partial charge is 0.185 e. The summed E-state index contributed by atoms with van der Waals surface area (Å²) in [6, 6.07) is 34.2. The van der Waals surface area contributed by atoms with Gasteiger partial charge in [-0.25, -0.2) is 9.97 Å². The van der Waals surface area contributed by atoms with Crippen LogP contribution >= 0.6 is 46.4 Å². The summed E-state index contributed by atoms with van der Waals surface area (Å²) in [5.74, 6) is 0.603. The van der Waals surface area contributed by atoms with Gasteiger partial charge in [-0.2, -0.15) is 10.5 Å². The SMILES string of the molecule is N#Cc1nc(N(Cc2ccc(Cl)cc2)Cc2ccc(Cl)cc2)c(C#N)nc1N(Cc1ccc(Cl)cc1)Cc1ccc(Cl)cc1. The lowest BCUT2D eigenvalue weighted by molar-refractivity contribution is 0.754. The van der Waals surface area contributed by atoms with Gasteiger partial charge in [-0.1, -0.05) is 94.9 Å². The van der Waals surface area contributed by atoms with Gasteiger partial charge in [0.25, 0.3) is 0 Å². The molecule has 218 valence electrons.